The fraction of sp³-hybridized carbons (Fsp3) is 0.185. The lowest BCUT2D eigenvalue weighted by atomic mass is 10.0. The summed E-state index contributed by atoms with van der Waals surface area (Å²) >= 11 is 2.97. The number of carbonyl (C=O) groups is 2. The highest BCUT2D eigenvalue weighted by molar-refractivity contribution is 7.19. The number of anilines is 4. The second-order valence-electron chi connectivity index (χ2n) is 9.14. The van der Waals surface area contributed by atoms with Crippen molar-refractivity contribution in [2.75, 3.05) is 36.2 Å². The maximum Gasteiger partial charge on any atom is 0.291 e. The molecule has 2 amide bonds. The first-order chi connectivity index (χ1) is 19.0. The molecule has 12 heteroatoms. The summed E-state index contributed by atoms with van der Waals surface area (Å²) in [6.07, 6.45) is 5.37. The lowest BCUT2D eigenvalue weighted by molar-refractivity contribution is 0.0724. The SMILES string of the molecule is CN(C)c1ccc(Nc2ncnc3sc4c(c23)CCN(C(=O)c2ncccn2)C4)cc1NC(=O)c1cccs1. The molecule has 39 heavy (non-hydrogen) atoms. The number of rotatable bonds is 6. The van der Waals surface area contributed by atoms with E-state index in [1.165, 1.54) is 11.3 Å². The summed E-state index contributed by atoms with van der Waals surface area (Å²) in [6, 6.07) is 11.2. The molecule has 1 aliphatic heterocycles. The fourth-order valence-electron chi connectivity index (χ4n) is 4.58. The van der Waals surface area contributed by atoms with Crippen molar-refractivity contribution < 1.29 is 9.59 Å². The molecule has 0 bridgehead atoms. The minimum Gasteiger partial charge on any atom is -0.376 e. The predicted molar refractivity (Wildman–Crippen MR) is 154 cm³/mol. The van der Waals surface area contributed by atoms with Crippen LogP contribution in [0.1, 0.15) is 30.7 Å². The summed E-state index contributed by atoms with van der Waals surface area (Å²) < 4.78 is 0. The third-order valence-corrected chi connectivity index (χ3v) is 8.41. The smallest absolute Gasteiger partial charge is 0.291 e. The Bertz CT molecular complexity index is 1670. The largest absolute Gasteiger partial charge is 0.376 e. The normalized spacial score (nSPS) is 12.7. The average molecular weight is 557 g/mol. The van der Waals surface area contributed by atoms with Crippen LogP contribution in [0.15, 0.2) is 60.5 Å². The van der Waals surface area contributed by atoms with Crippen LogP contribution in [0.3, 0.4) is 0 Å². The highest BCUT2D eigenvalue weighted by Crippen LogP contribution is 2.39. The molecule has 4 aromatic heterocycles. The zero-order valence-corrected chi connectivity index (χ0v) is 22.8. The van der Waals surface area contributed by atoms with E-state index in [0.29, 0.717) is 35.9 Å². The maximum atomic E-state index is 12.9. The van der Waals surface area contributed by atoms with Gasteiger partial charge in [0.25, 0.3) is 11.8 Å². The molecule has 5 aromatic rings. The van der Waals surface area contributed by atoms with Gasteiger partial charge in [0.05, 0.1) is 28.2 Å². The number of nitrogens with zero attached hydrogens (tertiary/aromatic N) is 6. The molecule has 6 rings (SSSR count). The number of hydrogen-bond acceptors (Lipinski definition) is 10. The van der Waals surface area contributed by atoms with Crippen LogP contribution in [0.5, 0.6) is 0 Å². The van der Waals surface area contributed by atoms with Crippen LogP contribution in [0.2, 0.25) is 0 Å². The Hall–Kier alpha value is -4.42. The van der Waals surface area contributed by atoms with Gasteiger partial charge in [0.1, 0.15) is 17.0 Å². The van der Waals surface area contributed by atoms with Crippen molar-refractivity contribution in [3.05, 3.63) is 81.6 Å². The molecule has 0 atom stereocenters. The highest BCUT2D eigenvalue weighted by Gasteiger charge is 2.28. The van der Waals surface area contributed by atoms with Gasteiger partial charge in [-0.15, -0.1) is 22.7 Å². The molecule has 1 aliphatic rings. The number of amides is 2. The Balaban J connectivity index is 1.29. The molecule has 0 saturated carbocycles. The van der Waals surface area contributed by atoms with Crippen molar-refractivity contribution in [1.29, 1.82) is 0 Å². The van der Waals surface area contributed by atoms with Crippen LogP contribution in [0.25, 0.3) is 10.2 Å². The number of fused-ring (bicyclic) bond motifs is 3. The molecule has 2 N–H and O–H groups in total. The first-order valence-corrected chi connectivity index (χ1v) is 13.9. The van der Waals surface area contributed by atoms with Gasteiger partial charge in [0.2, 0.25) is 5.82 Å². The van der Waals surface area contributed by atoms with Gasteiger partial charge in [0, 0.05) is 43.6 Å². The van der Waals surface area contributed by atoms with Gasteiger partial charge in [-0.2, -0.15) is 0 Å². The van der Waals surface area contributed by atoms with Crippen LogP contribution < -0.4 is 15.5 Å². The van der Waals surface area contributed by atoms with Crippen LogP contribution in [-0.2, 0) is 13.0 Å². The second kappa shape index (κ2) is 10.4. The summed E-state index contributed by atoms with van der Waals surface area (Å²) in [6.45, 7) is 1.03. The molecule has 0 saturated heterocycles. The van der Waals surface area contributed by atoms with E-state index in [-0.39, 0.29) is 17.6 Å². The summed E-state index contributed by atoms with van der Waals surface area (Å²) in [4.78, 5) is 49.3. The summed E-state index contributed by atoms with van der Waals surface area (Å²) in [5.74, 6) is 0.562. The molecule has 5 heterocycles. The number of aromatic nitrogens is 4. The molecule has 0 unspecified atom stereocenters. The van der Waals surface area contributed by atoms with Gasteiger partial charge in [-0.1, -0.05) is 6.07 Å². The van der Waals surface area contributed by atoms with Crippen molar-refractivity contribution in [2.24, 2.45) is 0 Å². The third kappa shape index (κ3) is 4.91. The Kier molecular flexibility index (Phi) is 6.63. The maximum absolute atomic E-state index is 12.9. The fourth-order valence-corrected chi connectivity index (χ4v) is 6.40. The van der Waals surface area contributed by atoms with Gasteiger partial charge in [-0.3, -0.25) is 9.59 Å². The number of benzene rings is 1. The van der Waals surface area contributed by atoms with Crippen molar-refractivity contribution in [1.82, 2.24) is 24.8 Å². The molecular formula is C27H24N8O2S2. The molecule has 0 fully saturated rings. The molecule has 196 valence electrons. The number of hydrogen-bond donors (Lipinski definition) is 2. The van der Waals surface area contributed by atoms with Gasteiger partial charge in [0.15, 0.2) is 0 Å². The molecule has 1 aromatic carbocycles. The molecule has 0 spiro atoms. The minimum atomic E-state index is -0.179. The zero-order chi connectivity index (χ0) is 26.9. The molecule has 0 radical (unpaired) electrons. The van der Waals surface area contributed by atoms with E-state index in [1.807, 2.05) is 48.6 Å². The van der Waals surface area contributed by atoms with Crippen LogP contribution >= 0.6 is 22.7 Å². The van der Waals surface area contributed by atoms with Crippen LogP contribution in [0.4, 0.5) is 22.9 Å². The Labute approximate surface area is 232 Å². The van der Waals surface area contributed by atoms with Crippen molar-refractivity contribution >= 4 is 67.6 Å². The monoisotopic (exact) mass is 556 g/mol. The van der Waals surface area contributed by atoms with E-state index in [0.717, 1.165) is 32.0 Å². The van der Waals surface area contributed by atoms with E-state index in [9.17, 15) is 9.59 Å². The second-order valence-corrected chi connectivity index (χ2v) is 11.2. The molecule has 10 nitrogen and oxygen atoms in total. The topological polar surface area (TPSA) is 116 Å². The third-order valence-electron chi connectivity index (χ3n) is 6.42. The van der Waals surface area contributed by atoms with E-state index in [4.69, 9.17) is 0 Å². The van der Waals surface area contributed by atoms with Crippen LogP contribution in [-0.4, -0.2) is 57.3 Å². The molecular weight excluding hydrogens is 532 g/mol. The van der Waals surface area contributed by atoms with E-state index < -0.39 is 0 Å². The highest BCUT2D eigenvalue weighted by atomic mass is 32.1. The van der Waals surface area contributed by atoms with E-state index in [2.05, 4.69) is 30.6 Å². The van der Waals surface area contributed by atoms with Crippen LogP contribution in [0, 0.1) is 0 Å². The Morgan fingerprint density at radius 2 is 1.90 bits per heavy atom. The lowest BCUT2D eigenvalue weighted by Crippen LogP contribution is -2.36. The standard InChI is InChI=1S/C27H24N8O2S2/c1-34(2)19-7-6-16(13-18(19)33-25(36)20-5-3-12-38-20)32-23-22-17-8-11-35(27(37)24-28-9-4-10-29-24)14-21(17)39-26(22)31-15-30-23/h3-7,9-10,12-13,15H,8,11,14H2,1-2H3,(H,33,36)(H,30,31,32). The predicted octanol–water partition coefficient (Wildman–Crippen LogP) is 4.80. The van der Waals surface area contributed by atoms with Gasteiger partial charge in [-0.25, -0.2) is 19.9 Å². The minimum absolute atomic E-state index is 0.151. The Morgan fingerprint density at radius 1 is 1.05 bits per heavy atom. The van der Waals surface area contributed by atoms with Gasteiger partial charge >= 0.3 is 0 Å². The van der Waals surface area contributed by atoms with Gasteiger partial charge in [-0.05, 0) is 47.7 Å². The number of nitrogens with one attached hydrogen (secondary N) is 2. The summed E-state index contributed by atoms with van der Waals surface area (Å²) in [5, 5.41) is 9.33. The lowest BCUT2D eigenvalue weighted by Gasteiger charge is -2.26. The molecule has 0 aliphatic carbocycles. The average Bonchev–Trinajstić information content (AvgIpc) is 3.62. The summed E-state index contributed by atoms with van der Waals surface area (Å²) in [7, 11) is 3.87. The quantitative estimate of drug-likeness (QED) is 0.306. The van der Waals surface area contributed by atoms with Gasteiger partial charge < -0.3 is 20.4 Å². The Morgan fingerprint density at radius 3 is 2.67 bits per heavy atom. The number of thiophene rings is 2. The van der Waals surface area contributed by atoms with Crippen molar-refractivity contribution in [3.8, 4) is 0 Å². The zero-order valence-electron chi connectivity index (χ0n) is 21.2. The number of carbonyl (C=O) groups excluding carboxylic acids is 2. The summed E-state index contributed by atoms with van der Waals surface area (Å²) in [5.41, 5.74) is 3.51. The van der Waals surface area contributed by atoms with Crippen molar-refractivity contribution in [3.63, 3.8) is 0 Å². The van der Waals surface area contributed by atoms with Crippen molar-refractivity contribution in [2.45, 2.75) is 13.0 Å². The first-order valence-electron chi connectivity index (χ1n) is 12.2. The van der Waals surface area contributed by atoms with E-state index >= 15 is 0 Å². The first kappa shape index (κ1) is 24.9. The van der Waals surface area contributed by atoms with E-state index in [1.54, 1.807) is 47.1 Å².